The Kier molecular flexibility index (Phi) is 3.64. The molecule has 0 aliphatic rings. The van der Waals surface area contributed by atoms with Crippen molar-refractivity contribution in [3.05, 3.63) is 28.3 Å². The minimum atomic E-state index is -4.54. The molecular weight excluding hydrogens is 255 g/mol. The summed E-state index contributed by atoms with van der Waals surface area (Å²) < 4.78 is 38.2. The molecule has 1 aromatic rings. The number of phenolic OH excluding ortho intramolecular Hbond substituents is 1. The van der Waals surface area contributed by atoms with Crippen molar-refractivity contribution in [2.75, 3.05) is 0 Å². The highest BCUT2D eigenvalue weighted by molar-refractivity contribution is 6.32. The number of alkyl halides is 3. The monoisotopic (exact) mass is 267 g/mol. The molecule has 0 aliphatic heterocycles. The standard InChI is InChI=1S/C11H13ClF3NO/c1-10(2,16)5-6-3-8(12)9(17)4-7(6)11(13,14)15/h3-4,17H,5,16H2,1-2H3. The van der Waals surface area contributed by atoms with Crippen LogP contribution in [-0.2, 0) is 12.6 Å². The maximum absolute atomic E-state index is 12.7. The predicted molar refractivity (Wildman–Crippen MR) is 60.1 cm³/mol. The van der Waals surface area contributed by atoms with Gasteiger partial charge >= 0.3 is 6.18 Å². The maximum Gasteiger partial charge on any atom is 0.416 e. The van der Waals surface area contributed by atoms with E-state index >= 15 is 0 Å². The first-order chi connectivity index (χ1) is 7.50. The molecule has 0 saturated heterocycles. The summed E-state index contributed by atoms with van der Waals surface area (Å²) in [6.45, 7) is 3.24. The molecule has 0 aliphatic carbocycles. The molecule has 1 aromatic carbocycles. The molecule has 6 heteroatoms. The molecule has 3 N–H and O–H groups in total. The van der Waals surface area contributed by atoms with Crippen LogP contribution >= 0.6 is 11.6 Å². The summed E-state index contributed by atoms with van der Waals surface area (Å²) in [7, 11) is 0. The number of benzene rings is 1. The van der Waals surface area contributed by atoms with Crippen LogP contribution in [0.25, 0.3) is 0 Å². The van der Waals surface area contributed by atoms with Gasteiger partial charge in [0.2, 0.25) is 0 Å². The Morgan fingerprint density at radius 1 is 1.29 bits per heavy atom. The Bertz CT molecular complexity index is 424. The van der Waals surface area contributed by atoms with Crippen molar-refractivity contribution < 1.29 is 18.3 Å². The second-order valence-electron chi connectivity index (χ2n) is 4.62. The highest BCUT2D eigenvalue weighted by Crippen LogP contribution is 2.38. The zero-order valence-electron chi connectivity index (χ0n) is 9.40. The number of phenols is 1. The Labute approximate surface area is 102 Å². The predicted octanol–water partition coefficient (Wildman–Crippen LogP) is 3.34. The van der Waals surface area contributed by atoms with E-state index in [1.807, 2.05) is 0 Å². The molecule has 96 valence electrons. The summed E-state index contributed by atoms with van der Waals surface area (Å²) in [5.74, 6) is -0.586. The van der Waals surface area contributed by atoms with E-state index in [0.717, 1.165) is 6.07 Å². The Balaban J connectivity index is 3.32. The van der Waals surface area contributed by atoms with Crippen LogP contribution in [0.3, 0.4) is 0 Å². The SMILES string of the molecule is CC(C)(N)Cc1cc(Cl)c(O)cc1C(F)(F)F. The Hall–Kier alpha value is -0.940. The average Bonchev–Trinajstić information content (AvgIpc) is 2.06. The van der Waals surface area contributed by atoms with Gasteiger partial charge in [-0.3, -0.25) is 0 Å². The minimum absolute atomic E-state index is 0.0157. The van der Waals surface area contributed by atoms with Crippen molar-refractivity contribution in [2.45, 2.75) is 32.0 Å². The third-order valence-corrected chi connectivity index (χ3v) is 2.43. The van der Waals surface area contributed by atoms with E-state index in [1.54, 1.807) is 13.8 Å². The van der Waals surface area contributed by atoms with Crippen LogP contribution in [0.15, 0.2) is 12.1 Å². The number of rotatable bonds is 2. The number of hydrogen-bond donors (Lipinski definition) is 2. The lowest BCUT2D eigenvalue weighted by atomic mass is 9.92. The van der Waals surface area contributed by atoms with Gasteiger partial charge in [-0.25, -0.2) is 0 Å². The molecule has 1 rings (SSSR count). The minimum Gasteiger partial charge on any atom is -0.506 e. The smallest absolute Gasteiger partial charge is 0.416 e. The quantitative estimate of drug-likeness (QED) is 0.863. The van der Waals surface area contributed by atoms with E-state index in [2.05, 4.69) is 0 Å². The molecule has 0 unspecified atom stereocenters. The summed E-state index contributed by atoms with van der Waals surface area (Å²) in [6, 6.07) is 1.73. The summed E-state index contributed by atoms with van der Waals surface area (Å²) >= 11 is 5.61. The molecule has 0 atom stereocenters. The van der Waals surface area contributed by atoms with E-state index in [1.165, 1.54) is 0 Å². The van der Waals surface area contributed by atoms with Crippen molar-refractivity contribution in [2.24, 2.45) is 5.73 Å². The largest absolute Gasteiger partial charge is 0.506 e. The second kappa shape index (κ2) is 4.38. The van der Waals surface area contributed by atoms with Crippen LogP contribution in [0.5, 0.6) is 5.75 Å². The summed E-state index contributed by atoms with van der Waals surface area (Å²) in [5.41, 5.74) is 3.98. The fraction of sp³-hybridized carbons (Fsp3) is 0.455. The number of halogens is 4. The molecule has 0 saturated carbocycles. The van der Waals surface area contributed by atoms with Crippen LogP contribution in [0.4, 0.5) is 13.2 Å². The normalized spacial score (nSPS) is 12.9. The second-order valence-corrected chi connectivity index (χ2v) is 5.03. The number of hydrogen-bond acceptors (Lipinski definition) is 2. The molecule has 0 heterocycles. The first-order valence-electron chi connectivity index (χ1n) is 4.88. The van der Waals surface area contributed by atoms with E-state index in [0.29, 0.717) is 6.07 Å². The molecule has 0 spiro atoms. The maximum atomic E-state index is 12.7. The fourth-order valence-corrected chi connectivity index (χ4v) is 1.69. The molecular formula is C11H13ClF3NO. The van der Waals surface area contributed by atoms with E-state index in [4.69, 9.17) is 17.3 Å². The average molecular weight is 268 g/mol. The van der Waals surface area contributed by atoms with Crippen LogP contribution in [0.1, 0.15) is 25.0 Å². The van der Waals surface area contributed by atoms with Crippen molar-refractivity contribution in [3.63, 3.8) is 0 Å². The first-order valence-corrected chi connectivity index (χ1v) is 5.26. The van der Waals surface area contributed by atoms with Crippen LogP contribution in [-0.4, -0.2) is 10.6 Å². The zero-order valence-corrected chi connectivity index (χ0v) is 10.2. The van der Waals surface area contributed by atoms with Crippen molar-refractivity contribution in [1.82, 2.24) is 0 Å². The molecule has 0 amide bonds. The van der Waals surface area contributed by atoms with Gasteiger partial charge in [0.25, 0.3) is 0 Å². The summed E-state index contributed by atoms with van der Waals surface area (Å²) in [4.78, 5) is 0. The lowest BCUT2D eigenvalue weighted by Crippen LogP contribution is -2.35. The molecule has 2 nitrogen and oxygen atoms in total. The third kappa shape index (κ3) is 3.78. The van der Waals surface area contributed by atoms with Crippen LogP contribution in [0.2, 0.25) is 5.02 Å². The third-order valence-electron chi connectivity index (χ3n) is 2.12. The van der Waals surface area contributed by atoms with Gasteiger partial charge in [-0.15, -0.1) is 0 Å². The highest BCUT2D eigenvalue weighted by atomic mass is 35.5. The summed E-state index contributed by atoms with van der Waals surface area (Å²) in [6.07, 6.45) is -4.52. The molecule has 0 bridgehead atoms. The number of nitrogens with two attached hydrogens (primary N) is 1. The van der Waals surface area contributed by atoms with Gasteiger partial charge in [0.05, 0.1) is 10.6 Å². The van der Waals surface area contributed by atoms with Crippen molar-refractivity contribution in [3.8, 4) is 5.75 Å². The molecule has 17 heavy (non-hydrogen) atoms. The fourth-order valence-electron chi connectivity index (χ4n) is 1.50. The molecule has 0 fully saturated rings. The van der Waals surface area contributed by atoms with Gasteiger partial charge in [-0.2, -0.15) is 13.2 Å². The molecule has 0 aromatic heterocycles. The summed E-state index contributed by atoms with van der Waals surface area (Å²) in [5, 5.41) is 9.11. The van der Waals surface area contributed by atoms with Gasteiger partial charge < -0.3 is 10.8 Å². The van der Waals surface area contributed by atoms with Gasteiger partial charge in [0.1, 0.15) is 5.75 Å². The lowest BCUT2D eigenvalue weighted by molar-refractivity contribution is -0.138. The van der Waals surface area contributed by atoms with E-state index < -0.39 is 23.0 Å². The van der Waals surface area contributed by atoms with Gasteiger partial charge in [0.15, 0.2) is 0 Å². The van der Waals surface area contributed by atoms with Gasteiger partial charge in [-0.1, -0.05) is 11.6 Å². The van der Waals surface area contributed by atoms with Gasteiger partial charge in [0, 0.05) is 5.54 Å². The van der Waals surface area contributed by atoms with E-state index in [-0.39, 0.29) is 17.0 Å². The lowest BCUT2D eigenvalue weighted by Gasteiger charge is -2.22. The van der Waals surface area contributed by atoms with Crippen molar-refractivity contribution in [1.29, 1.82) is 0 Å². The van der Waals surface area contributed by atoms with E-state index in [9.17, 15) is 18.3 Å². The van der Waals surface area contributed by atoms with Crippen molar-refractivity contribution >= 4 is 11.6 Å². The molecule has 0 radical (unpaired) electrons. The zero-order chi connectivity index (χ0) is 13.4. The number of aromatic hydroxyl groups is 1. The Morgan fingerprint density at radius 3 is 2.24 bits per heavy atom. The Morgan fingerprint density at radius 2 is 1.82 bits per heavy atom. The van der Waals surface area contributed by atoms with Crippen LogP contribution < -0.4 is 5.73 Å². The topological polar surface area (TPSA) is 46.2 Å². The van der Waals surface area contributed by atoms with Gasteiger partial charge in [-0.05, 0) is 38.0 Å². The first kappa shape index (κ1) is 14.1. The van der Waals surface area contributed by atoms with Crippen LogP contribution in [0, 0.1) is 0 Å². The highest BCUT2D eigenvalue weighted by Gasteiger charge is 2.35.